The van der Waals surface area contributed by atoms with Crippen molar-refractivity contribution in [3.05, 3.63) is 71.4 Å². The molecule has 0 radical (unpaired) electrons. The van der Waals surface area contributed by atoms with Gasteiger partial charge in [0.05, 0.1) is 22.9 Å². The first-order chi connectivity index (χ1) is 16.5. The van der Waals surface area contributed by atoms with E-state index >= 15 is 0 Å². The Kier molecular flexibility index (Phi) is 6.88. The number of nitrogens with zero attached hydrogens (tertiary/aromatic N) is 3. The van der Waals surface area contributed by atoms with Crippen molar-refractivity contribution in [3.8, 4) is 11.3 Å². The summed E-state index contributed by atoms with van der Waals surface area (Å²) in [4.78, 5) is 9.76. The number of piperidine rings is 1. The Bertz CT molecular complexity index is 1200. The standard InChI is InChI=1S/C24H23F6N5/c25-16-2-1-3-17(26)22(16)23-18(27)9-19(32)20(34-23)5-4-13-10-33-7-6-21(13)35-11-14(24(28,29)30)8-15(31)12-35/h1-3,6-7,9-10,14-15H,4-5,8,11-12,31-32H2/t14-,15+/m1/s1. The van der Waals surface area contributed by atoms with Crippen molar-refractivity contribution in [2.75, 3.05) is 23.7 Å². The van der Waals surface area contributed by atoms with E-state index in [9.17, 15) is 26.3 Å². The molecule has 0 bridgehead atoms. The van der Waals surface area contributed by atoms with E-state index in [4.69, 9.17) is 11.5 Å². The molecule has 1 aliphatic heterocycles. The lowest BCUT2D eigenvalue weighted by molar-refractivity contribution is -0.177. The van der Waals surface area contributed by atoms with Crippen LogP contribution in [0.5, 0.6) is 0 Å². The maximum absolute atomic E-state index is 14.5. The highest BCUT2D eigenvalue weighted by Gasteiger charge is 2.44. The number of nitrogens with two attached hydrogens (primary N) is 2. The molecular weight excluding hydrogens is 472 g/mol. The number of aryl methyl sites for hydroxylation is 2. The molecule has 2 aromatic heterocycles. The van der Waals surface area contributed by atoms with Gasteiger partial charge in [-0.3, -0.25) is 4.98 Å². The lowest BCUT2D eigenvalue weighted by Crippen LogP contribution is -2.51. The van der Waals surface area contributed by atoms with Crippen LogP contribution in [0.15, 0.2) is 42.7 Å². The molecule has 11 heteroatoms. The predicted molar refractivity (Wildman–Crippen MR) is 120 cm³/mol. The van der Waals surface area contributed by atoms with E-state index in [1.165, 1.54) is 12.4 Å². The minimum absolute atomic E-state index is 0.00873. The van der Waals surface area contributed by atoms with Gasteiger partial charge in [0, 0.05) is 43.3 Å². The highest BCUT2D eigenvalue weighted by Crippen LogP contribution is 2.36. The number of hydrogen-bond donors (Lipinski definition) is 2. The van der Waals surface area contributed by atoms with Crippen molar-refractivity contribution in [2.45, 2.75) is 31.5 Å². The maximum atomic E-state index is 14.5. The second kappa shape index (κ2) is 9.73. The van der Waals surface area contributed by atoms with Crippen molar-refractivity contribution in [1.82, 2.24) is 9.97 Å². The fourth-order valence-electron chi connectivity index (χ4n) is 4.39. The van der Waals surface area contributed by atoms with E-state index in [0.717, 1.165) is 24.3 Å². The van der Waals surface area contributed by atoms with Crippen LogP contribution in [0.4, 0.5) is 37.7 Å². The van der Waals surface area contributed by atoms with Crippen LogP contribution in [0.3, 0.4) is 0 Å². The van der Waals surface area contributed by atoms with E-state index in [2.05, 4.69) is 9.97 Å². The minimum Gasteiger partial charge on any atom is -0.397 e. The van der Waals surface area contributed by atoms with Gasteiger partial charge in [0.1, 0.15) is 17.3 Å². The molecular formula is C24H23F6N5. The lowest BCUT2D eigenvalue weighted by atomic mass is 9.93. The summed E-state index contributed by atoms with van der Waals surface area (Å²) in [5.74, 6) is -4.47. The molecule has 0 saturated carbocycles. The quantitative estimate of drug-likeness (QED) is 0.504. The number of halogens is 6. The number of nitrogen functional groups attached to an aromatic ring is 1. The number of pyridine rings is 2. The fourth-order valence-corrected chi connectivity index (χ4v) is 4.39. The first-order valence-electron chi connectivity index (χ1n) is 10.9. The molecule has 0 unspecified atom stereocenters. The SMILES string of the molecule is Nc1cc(F)c(-c2c(F)cccc2F)nc1CCc1cnccc1N1C[C@@H](N)C[C@@H](C(F)(F)F)C1. The van der Waals surface area contributed by atoms with Crippen LogP contribution >= 0.6 is 0 Å². The summed E-state index contributed by atoms with van der Waals surface area (Å²) in [6.45, 7) is 0.0130. The van der Waals surface area contributed by atoms with Crippen LogP contribution in [0.1, 0.15) is 17.7 Å². The van der Waals surface area contributed by atoms with Crippen LogP contribution in [0, 0.1) is 23.4 Å². The Hall–Kier alpha value is -3.34. The molecule has 1 aliphatic rings. The molecule has 4 N–H and O–H groups in total. The Morgan fingerprint density at radius 3 is 2.40 bits per heavy atom. The lowest BCUT2D eigenvalue weighted by Gasteiger charge is -2.39. The second-order valence-electron chi connectivity index (χ2n) is 8.60. The molecule has 2 atom stereocenters. The van der Waals surface area contributed by atoms with Gasteiger partial charge in [-0.15, -0.1) is 0 Å². The Balaban J connectivity index is 1.61. The first-order valence-corrected chi connectivity index (χ1v) is 10.9. The zero-order chi connectivity index (χ0) is 25.3. The van der Waals surface area contributed by atoms with Crippen LogP contribution in [-0.2, 0) is 12.8 Å². The number of anilines is 2. The van der Waals surface area contributed by atoms with Crippen LogP contribution < -0.4 is 16.4 Å². The van der Waals surface area contributed by atoms with Gasteiger partial charge in [-0.25, -0.2) is 18.2 Å². The van der Waals surface area contributed by atoms with E-state index < -0.39 is 46.8 Å². The van der Waals surface area contributed by atoms with E-state index in [1.807, 2.05) is 0 Å². The summed E-state index contributed by atoms with van der Waals surface area (Å²) in [7, 11) is 0. The molecule has 1 aromatic carbocycles. The topological polar surface area (TPSA) is 81.1 Å². The van der Waals surface area contributed by atoms with Crippen molar-refractivity contribution < 1.29 is 26.3 Å². The monoisotopic (exact) mass is 495 g/mol. The highest BCUT2D eigenvalue weighted by molar-refractivity contribution is 5.64. The van der Waals surface area contributed by atoms with Gasteiger partial charge in [0.15, 0.2) is 5.82 Å². The third-order valence-electron chi connectivity index (χ3n) is 6.08. The molecule has 1 saturated heterocycles. The zero-order valence-electron chi connectivity index (χ0n) is 18.5. The Labute approximate surface area is 197 Å². The Morgan fingerprint density at radius 1 is 1.00 bits per heavy atom. The van der Waals surface area contributed by atoms with Crippen molar-refractivity contribution in [3.63, 3.8) is 0 Å². The largest absolute Gasteiger partial charge is 0.397 e. The highest BCUT2D eigenvalue weighted by atomic mass is 19.4. The van der Waals surface area contributed by atoms with Crippen LogP contribution in [0.25, 0.3) is 11.3 Å². The van der Waals surface area contributed by atoms with Gasteiger partial charge < -0.3 is 16.4 Å². The molecule has 4 rings (SSSR count). The van der Waals surface area contributed by atoms with Crippen molar-refractivity contribution in [1.29, 1.82) is 0 Å². The van der Waals surface area contributed by atoms with Gasteiger partial charge in [0.25, 0.3) is 0 Å². The molecule has 0 amide bonds. The maximum Gasteiger partial charge on any atom is 0.393 e. The molecule has 3 heterocycles. The van der Waals surface area contributed by atoms with Gasteiger partial charge in [-0.05, 0) is 43.0 Å². The molecule has 35 heavy (non-hydrogen) atoms. The van der Waals surface area contributed by atoms with Gasteiger partial charge >= 0.3 is 6.18 Å². The summed E-state index contributed by atoms with van der Waals surface area (Å²) in [6.07, 6.45) is -1.13. The zero-order valence-corrected chi connectivity index (χ0v) is 18.5. The average molecular weight is 495 g/mol. The predicted octanol–water partition coefficient (Wildman–Crippen LogP) is 4.64. The second-order valence-corrected chi connectivity index (χ2v) is 8.60. The summed E-state index contributed by atoms with van der Waals surface area (Å²) in [5, 5.41) is 0. The Morgan fingerprint density at radius 2 is 1.71 bits per heavy atom. The molecule has 0 spiro atoms. The smallest absolute Gasteiger partial charge is 0.393 e. The number of aromatic nitrogens is 2. The number of benzene rings is 1. The number of hydrogen-bond acceptors (Lipinski definition) is 5. The first kappa shape index (κ1) is 24.8. The van der Waals surface area contributed by atoms with Gasteiger partial charge in [0.2, 0.25) is 0 Å². The van der Waals surface area contributed by atoms with Crippen molar-refractivity contribution >= 4 is 11.4 Å². The van der Waals surface area contributed by atoms with E-state index in [1.54, 1.807) is 11.0 Å². The molecule has 0 aliphatic carbocycles. The molecule has 3 aromatic rings. The van der Waals surface area contributed by atoms with Gasteiger partial charge in [-0.1, -0.05) is 6.07 Å². The summed E-state index contributed by atoms with van der Waals surface area (Å²) in [5.41, 5.74) is 12.1. The minimum atomic E-state index is -4.37. The van der Waals surface area contributed by atoms with Gasteiger partial charge in [-0.2, -0.15) is 13.2 Å². The fraction of sp³-hybridized carbons (Fsp3) is 0.333. The number of alkyl halides is 3. The van der Waals surface area contributed by atoms with E-state index in [0.29, 0.717) is 11.3 Å². The number of rotatable bonds is 5. The third kappa shape index (κ3) is 5.34. The van der Waals surface area contributed by atoms with Crippen molar-refractivity contribution in [2.24, 2.45) is 11.7 Å². The third-order valence-corrected chi connectivity index (χ3v) is 6.08. The molecule has 1 fully saturated rings. The average Bonchev–Trinajstić information content (AvgIpc) is 2.79. The van der Waals surface area contributed by atoms with E-state index in [-0.39, 0.29) is 43.7 Å². The molecule has 5 nitrogen and oxygen atoms in total. The van der Waals surface area contributed by atoms with Crippen LogP contribution in [0.2, 0.25) is 0 Å². The summed E-state index contributed by atoms with van der Waals surface area (Å²) < 4.78 is 83.1. The normalized spacial score (nSPS) is 18.7. The summed E-state index contributed by atoms with van der Waals surface area (Å²) in [6, 6.07) is 5.06. The molecule has 186 valence electrons. The summed E-state index contributed by atoms with van der Waals surface area (Å²) >= 11 is 0. The van der Waals surface area contributed by atoms with Crippen LogP contribution in [-0.4, -0.2) is 35.3 Å².